The third-order valence-electron chi connectivity index (χ3n) is 6.87. The van der Waals surface area contributed by atoms with E-state index in [1.165, 1.54) is 0 Å². The summed E-state index contributed by atoms with van der Waals surface area (Å²) < 4.78 is 17.4. The summed E-state index contributed by atoms with van der Waals surface area (Å²) in [6.45, 7) is 6.24. The van der Waals surface area contributed by atoms with Crippen molar-refractivity contribution < 1.29 is 23.8 Å². The van der Waals surface area contributed by atoms with E-state index in [-0.39, 0.29) is 19.0 Å². The van der Waals surface area contributed by atoms with Crippen LogP contribution >= 0.6 is 0 Å². The molecule has 0 spiro atoms. The van der Waals surface area contributed by atoms with Gasteiger partial charge in [0.15, 0.2) is 17.3 Å². The Labute approximate surface area is 227 Å². The molecule has 1 heterocycles. The lowest BCUT2D eigenvalue weighted by atomic mass is 9.79. The fraction of sp³-hybridized carbons (Fsp3) is 0.219. The summed E-state index contributed by atoms with van der Waals surface area (Å²) in [6.07, 6.45) is 0. The van der Waals surface area contributed by atoms with Gasteiger partial charge < -0.3 is 19.5 Å². The van der Waals surface area contributed by atoms with E-state index in [0.717, 1.165) is 11.1 Å². The van der Waals surface area contributed by atoms with E-state index in [4.69, 9.17) is 14.2 Å². The molecule has 1 aliphatic heterocycles. The quantitative estimate of drug-likeness (QED) is 0.382. The van der Waals surface area contributed by atoms with Crippen LogP contribution in [0.2, 0.25) is 0 Å². The second kappa shape index (κ2) is 10.9. The summed E-state index contributed by atoms with van der Waals surface area (Å²) in [7, 11) is 0. The van der Waals surface area contributed by atoms with E-state index in [1.54, 1.807) is 25.1 Å². The third kappa shape index (κ3) is 4.66. The lowest BCUT2D eigenvalue weighted by molar-refractivity contribution is -0.138. The number of ether oxygens (including phenoxy) is 3. The van der Waals surface area contributed by atoms with Crippen molar-refractivity contribution in [1.82, 2.24) is 5.32 Å². The number of rotatable bonds is 8. The van der Waals surface area contributed by atoms with E-state index >= 15 is 0 Å². The zero-order valence-electron chi connectivity index (χ0n) is 22.0. The average Bonchev–Trinajstić information content (AvgIpc) is 3.23. The van der Waals surface area contributed by atoms with Crippen LogP contribution in [0.15, 0.2) is 83.6 Å². The van der Waals surface area contributed by atoms with Crippen LogP contribution < -0.4 is 14.8 Å². The molecule has 1 atom stereocenters. The van der Waals surface area contributed by atoms with Crippen LogP contribution in [0.5, 0.6) is 11.5 Å². The zero-order chi connectivity index (χ0) is 27.5. The van der Waals surface area contributed by atoms with Crippen molar-refractivity contribution >= 4 is 17.4 Å². The Morgan fingerprint density at radius 2 is 1.69 bits per heavy atom. The highest BCUT2D eigenvalue weighted by Gasteiger charge is 2.43. The van der Waals surface area contributed by atoms with Gasteiger partial charge in [-0.3, -0.25) is 4.79 Å². The number of Topliss-reactive ketones (excluding diaryl/α,β-unsaturated/α-hetero) is 1. The molecule has 0 radical (unpaired) electrons. The van der Waals surface area contributed by atoms with Gasteiger partial charge in [0.05, 0.1) is 36.1 Å². The fourth-order valence-electron chi connectivity index (χ4n) is 5.14. The Kier molecular flexibility index (Phi) is 7.20. The number of fused-ring (bicyclic) bond motifs is 2. The third-order valence-corrected chi connectivity index (χ3v) is 6.87. The van der Waals surface area contributed by atoms with Crippen LogP contribution in [-0.2, 0) is 16.1 Å². The second-order valence-electron chi connectivity index (χ2n) is 9.18. The van der Waals surface area contributed by atoms with Gasteiger partial charge in [0.25, 0.3) is 0 Å². The molecular weight excluding hydrogens is 492 g/mol. The molecule has 0 fully saturated rings. The molecule has 7 heteroatoms. The van der Waals surface area contributed by atoms with Gasteiger partial charge in [0.2, 0.25) is 0 Å². The molecule has 196 valence electrons. The van der Waals surface area contributed by atoms with Crippen LogP contribution in [0.4, 0.5) is 0 Å². The minimum Gasteiger partial charge on any atom is -0.490 e. The number of nitriles is 1. The second-order valence-corrected chi connectivity index (χ2v) is 9.18. The highest BCUT2D eigenvalue weighted by Crippen LogP contribution is 2.48. The molecule has 0 unspecified atom stereocenters. The lowest BCUT2D eigenvalue weighted by Gasteiger charge is -2.29. The minimum absolute atomic E-state index is 0.126. The smallest absolute Gasteiger partial charge is 0.336 e. The van der Waals surface area contributed by atoms with Crippen molar-refractivity contribution in [3.05, 3.63) is 111 Å². The van der Waals surface area contributed by atoms with Gasteiger partial charge in [0.1, 0.15) is 6.61 Å². The molecule has 5 rings (SSSR count). The highest BCUT2D eigenvalue weighted by molar-refractivity contribution is 6.23. The molecular formula is C32H28N2O5. The van der Waals surface area contributed by atoms with E-state index in [0.29, 0.717) is 57.3 Å². The monoisotopic (exact) mass is 520 g/mol. The summed E-state index contributed by atoms with van der Waals surface area (Å²) in [4.78, 5) is 26.9. The number of hydrogen-bond acceptors (Lipinski definition) is 7. The van der Waals surface area contributed by atoms with Crippen molar-refractivity contribution in [1.29, 1.82) is 5.26 Å². The normalized spacial score (nSPS) is 15.7. The number of nitrogens with one attached hydrogen (secondary N) is 1. The molecule has 1 aliphatic carbocycles. The van der Waals surface area contributed by atoms with Gasteiger partial charge in [-0.2, -0.15) is 5.26 Å². The van der Waals surface area contributed by atoms with Gasteiger partial charge in [-0.25, -0.2) is 4.79 Å². The number of hydrogen-bond donors (Lipinski definition) is 1. The van der Waals surface area contributed by atoms with E-state index in [2.05, 4.69) is 11.4 Å². The SMILES string of the molecule is CCOC(=O)C1=C(C)NC2=C(C(=O)c3ccccc32)[C@H]1c1ccc(OCc2ccccc2C#N)c(OCC)c1. The van der Waals surface area contributed by atoms with Crippen molar-refractivity contribution in [2.45, 2.75) is 33.3 Å². The van der Waals surface area contributed by atoms with Crippen molar-refractivity contribution in [3.63, 3.8) is 0 Å². The van der Waals surface area contributed by atoms with Gasteiger partial charge in [0, 0.05) is 33.9 Å². The highest BCUT2D eigenvalue weighted by atomic mass is 16.5. The van der Waals surface area contributed by atoms with Crippen LogP contribution in [0.1, 0.15) is 59.3 Å². The number of ketones is 1. The number of dihydropyridines is 1. The predicted octanol–water partition coefficient (Wildman–Crippen LogP) is 5.67. The summed E-state index contributed by atoms with van der Waals surface area (Å²) in [5.41, 5.74) is 5.65. The number of carbonyl (C=O) groups excluding carboxylic acids is 2. The molecule has 0 saturated heterocycles. The van der Waals surface area contributed by atoms with Crippen LogP contribution in [0.25, 0.3) is 5.70 Å². The fourth-order valence-corrected chi connectivity index (χ4v) is 5.14. The van der Waals surface area contributed by atoms with E-state index in [9.17, 15) is 14.9 Å². The predicted molar refractivity (Wildman–Crippen MR) is 146 cm³/mol. The lowest BCUT2D eigenvalue weighted by Crippen LogP contribution is -2.29. The Morgan fingerprint density at radius 1 is 0.949 bits per heavy atom. The summed E-state index contributed by atoms with van der Waals surface area (Å²) >= 11 is 0. The molecule has 0 saturated carbocycles. The van der Waals surface area contributed by atoms with Gasteiger partial charge >= 0.3 is 5.97 Å². The first kappa shape index (κ1) is 25.8. The number of benzene rings is 3. The van der Waals surface area contributed by atoms with Crippen LogP contribution in [0.3, 0.4) is 0 Å². The summed E-state index contributed by atoms with van der Waals surface area (Å²) in [5.74, 6) is -0.286. The molecule has 0 bridgehead atoms. The number of nitrogens with zero attached hydrogens (tertiary/aromatic N) is 1. The van der Waals surface area contributed by atoms with E-state index in [1.807, 2.05) is 62.4 Å². The number of esters is 1. The summed E-state index contributed by atoms with van der Waals surface area (Å²) in [5, 5.41) is 12.7. The molecule has 2 aliphatic rings. The maximum absolute atomic E-state index is 13.7. The maximum atomic E-state index is 13.7. The summed E-state index contributed by atoms with van der Waals surface area (Å²) in [6, 6.07) is 22.3. The Balaban J connectivity index is 1.58. The molecule has 0 amide bonds. The Bertz CT molecular complexity index is 1580. The van der Waals surface area contributed by atoms with Crippen molar-refractivity contribution in [2.24, 2.45) is 0 Å². The molecule has 0 aromatic heterocycles. The maximum Gasteiger partial charge on any atom is 0.336 e. The topological polar surface area (TPSA) is 97.6 Å². The largest absolute Gasteiger partial charge is 0.490 e. The molecule has 3 aromatic carbocycles. The Morgan fingerprint density at radius 3 is 2.44 bits per heavy atom. The first-order chi connectivity index (χ1) is 19.0. The molecule has 1 N–H and O–H groups in total. The van der Waals surface area contributed by atoms with E-state index < -0.39 is 11.9 Å². The average molecular weight is 521 g/mol. The molecule has 3 aromatic rings. The first-order valence-electron chi connectivity index (χ1n) is 12.9. The number of carbonyl (C=O) groups is 2. The minimum atomic E-state index is -0.659. The Hall–Kier alpha value is -4.83. The standard InChI is InChI=1S/C32H28N2O5/c1-4-37-26-16-20(14-15-25(26)39-18-22-11-7-6-10-21(22)17-33)28-27(32(36)38-5-2)19(3)34-30-23-12-8-9-13-24(23)31(35)29(28)30/h6-16,28,34H,4-5,18H2,1-3H3/t28-/m0/s1. The van der Waals surface area contributed by atoms with Gasteiger partial charge in [-0.1, -0.05) is 48.5 Å². The molecule has 7 nitrogen and oxygen atoms in total. The molecule has 39 heavy (non-hydrogen) atoms. The van der Waals surface area contributed by atoms with Gasteiger partial charge in [-0.15, -0.1) is 0 Å². The number of allylic oxidation sites excluding steroid dienone is 2. The zero-order valence-corrected chi connectivity index (χ0v) is 22.0. The van der Waals surface area contributed by atoms with Crippen molar-refractivity contribution in [3.8, 4) is 17.6 Å². The first-order valence-corrected chi connectivity index (χ1v) is 12.9. The van der Waals surface area contributed by atoms with Crippen LogP contribution in [0, 0.1) is 11.3 Å². The van der Waals surface area contributed by atoms with Crippen molar-refractivity contribution in [2.75, 3.05) is 13.2 Å². The van der Waals surface area contributed by atoms with Crippen LogP contribution in [-0.4, -0.2) is 25.0 Å². The van der Waals surface area contributed by atoms with Gasteiger partial charge in [-0.05, 0) is 44.5 Å².